The van der Waals surface area contributed by atoms with Gasteiger partial charge in [-0.3, -0.25) is 4.79 Å². The van der Waals surface area contributed by atoms with Gasteiger partial charge in [0, 0.05) is 51.6 Å². The van der Waals surface area contributed by atoms with Crippen molar-refractivity contribution in [3.05, 3.63) is 24.3 Å². The van der Waals surface area contributed by atoms with Crippen LogP contribution in [0.3, 0.4) is 0 Å². The highest BCUT2D eigenvalue weighted by Crippen LogP contribution is 2.54. The molecule has 10 saturated heterocycles. The number of rotatable bonds is 4. The summed E-state index contributed by atoms with van der Waals surface area (Å²) in [6, 6.07) is 0. The normalized spacial score (nSPS) is 52.4. The molecule has 10 aliphatic heterocycles. The average molecular weight is 731 g/mol. The molecule has 1 spiro atoms. The lowest BCUT2D eigenvalue weighted by Crippen LogP contribution is -2.61. The standard InChI is InChI=1S/C40H58O12/c1-19-11-24-5-7-28-20(2)12-26(45-28)9-10-40-17-33-36(51-40)37-38(50-33)39(52-40)35-29(49-37)8-6-25(47-35)13-22(42)14-27-31(16-30(46-24)21(19)3)48-32(34(27)44-4)15-23(43)18-41/h19,23-39,41,43H,2-3,5-18H2,1,4H3/t19-,23+,24+,25?,26+,27+,28?,29+,30?,31+,32-,33+,34-,35+,36?,37+,38-,39+,40+/m1/s1. The van der Waals surface area contributed by atoms with E-state index >= 15 is 0 Å². The molecule has 4 unspecified atom stereocenters. The maximum Gasteiger partial charge on any atom is 0.172 e. The van der Waals surface area contributed by atoms with Crippen LogP contribution in [0.15, 0.2) is 24.3 Å². The number of aliphatic hydroxyl groups excluding tert-OH is 2. The fourth-order valence-electron chi connectivity index (χ4n) is 11.3. The lowest BCUT2D eigenvalue weighted by molar-refractivity contribution is -0.292. The Morgan fingerprint density at radius 2 is 1.54 bits per heavy atom. The summed E-state index contributed by atoms with van der Waals surface area (Å²) in [5.74, 6) is -0.709. The molecule has 0 aromatic rings. The molecule has 0 radical (unpaired) electrons. The van der Waals surface area contributed by atoms with E-state index in [1.54, 1.807) is 7.11 Å². The molecular weight excluding hydrogens is 672 g/mol. The zero-order valence-corrected chi connectivity index (χ0v) is 30.7. The van der Waals surface area contributed by atoms with E-state index in [-0.39, 0.29) is 123 Å². The first-order valence-electron chi connectivity index (χ1n) is 20.1. The summed E-state index contributed by atoms with van der Waals surface area (Å²) in [5, 5.41) is 20.1. The smallest absolute Gasteiger partial charge is 0.172 e. The average Bonchev–Trinajstić information content (AvgIpc) is 3.79. The van der Waals surface area contributed by atoms with Crippen LogP contribution in [0.5, 0.6) is 0 Å². The molecule has 0 aromatic heterocycles. The van der Waals surface area contributed by atoms with Crippen LogP contribution in [-0.2, 0) is 47.4 Å². The number of fused-ring (bicyclic) bond motifs is 6. The molecule has 2 N–H and O–H groups in total. The first-order chi connectivity index (χ1) is 25.1. The molecule has 52 heavy (non-hydrogen) atoms. The second-order valence-corrected chi connectivity index (χ2v) is 17.4. The van der Waals surface area contributed by atoms with Crippen molar-refractivity contribution in [2.75, 3.05) is 13.7 Å². The Morgan fingerprint density at radius 3 is 2.37 bits per heavy atom. The Balaban J connectivity index is 0.994. The third-order valence-corrected chi connectivity index (χ3v) is 13.9. The summed E-state index contributed by atoms with van der Waals surface area (Å²) >= 11 is 0. The third-order valence-electron chi connectivity index (χ3n) is 13.9. The van der Waals surface area contributed by atoms with Crippen LogP contribution in [0, 0.1) is 11.8 Å². The van der Waals surface area contributed by atoms with Gasteiger partial charge < -0.3 is 52.8 Å². The van der Waals surface area contributed by atoms with Gasteiger partial charge >= 0.3 is 0 Å². The number of ketones is 1. The number of aliphatic hydroxyl groups is 2. The molecular formula is C40H58O12. The van der Waals surface area contributed by atoms with Crippen molar-refractivity contribution in [1.82, 2.24) is 0 Å². The molecule has 0 saturated carbocycles. The van der Waals surface area contributed by atoms with Gasteiger partial charge in [0.1, 0.15) is 36.3 Å². The molecule has 10 aliphatic rings. The predicted molar refractivity (Wildman–Crippen MR) is 184 cm³/mol. The molecule has 12 nitrogen and oxygen atoms in total. The predicted octanol–water partition coefficient (Wildman–Crippen LogP) is 3.47. The summed E-state index contributed by atoms with van der Waals surface area (Å²) in [6.07, 6.45) is 4.01. The summed E-state index contributed by atoms with van der Waals surface area (Å²) in [5.41, 5.74) is 2.17. The molecule has 0 aromatic carbocycles. The van der Waals surface area contributed by atoms with Crippen LogP contribution in [-0.4, -0.2) is 133 Å². The Morgan fingerprint density at radius 1 is 0.788 bits per heavy atom. The lowest BCUT2D eigenvalue weighted by atomic mass is 9.81. The second-order valence-electron chi connectivity index (χ2n) is 17.4. The van der Waals surface area contributed by atoms with Crippen molar-refractivity contribution in [1.29, 1.82) is 0 Å². The minimum atomic E-state index is -0.951. The Labute approximate surface area is 306 Å². The topological polar surface area (TPSA) is 141 Å². The molecule has 10 heterocycles. The van der Waals surface area contributed by atoms with E-state index in [0.29, 0.717) is 25.7 Å². The highest BCUT2D eigenvalue weighted by atomic mass is 16.8. The van der Waals surface area contributed by atoms with Crippen molar-refractivity contribution in [3.8, 4) is 0 Å². The lowest BCUT2D eigenvalue weighted by Gasteiger charge is -2.47. The minimum Gasteiger partial charge on any atom is -0.394 e. The van der Waals surface area contributed by atoms with Gasteiger partial charge in [-0.1, -0.05) is 20.1 Å². The first-order valence-corrected chi connectivity index (χ1v) is 20.1. The van der Waals surface area contributed by atoms with Crippen molar-refractivity contribution in [2.45, 2.75) is 194 Å². The van der Waals surface area contributed by atoms with Crippen molar-refractivity contribution in [2.24, 2.45) is 11.8 Å². The Kier molecular flexibility index (Phi) is 10.0. The van der Waals surface area contributed by atoms with Gasteiger partial charge in [0.15, 0.2) is 5.79 Å². The van der Waals surface area contributed by atoms with Crippen LogP contribution < -0.4 is 0 Å². The molecule has 0 amide bonds. The number of hydrogen-bond donors (Lipinski definition) is 2. The SMILES string of the molecule is C=C1C[C@@H]2CC[C@@]34C[C@@H]5O[C@H]6[C@@H](O3)[C@H]3OC(CC[C@@H]3O[C@H]6C5O4)CC(=O)C[C@@H]3[C@@H](OC)[C@@H](C[C@H](O)CO)O[C@H]3CC3O[C@@H](CCC1O2)C[C@@H](C)C3=C. The fourth-order valence-corrected chi connectivity index (χ4v) is 11.3. The quantitative estimate of drug-likeness (QED) is 0.410. The number of carbonyl (C=O) groups is 1. The van der Waals surface area contributed by atoms with E-state index in [0.717, 1.165) is 49.7 Å². The summed E-state index contributed by atoms with van der Waals surface area (Å²) in [7, 11) is 1.63. The molecule has 0 aliphatic carbocycles. The van der Waals surface area contributed by atoms with Crippen molar-refractivity contribution < 1.29 is 57.6 Å². The van der Waals surface area contributed by atoms with E-state index in [9.17, 15) is 15.0 Å². The molecule has 10 rings (SSSR count). The van der Waals surface area contributed by atoms with Crippen LogP contribution >= 0.6 is 0 Å². The third kappa shape index (κ3) is 6.59. The number of hydrogen-bond acceptors (Lipinski definition) is 12. The zero-order chi connectivity index (χ0) is 35.9. The van der Waals surface area contributed by atoms with E-state index in [4.69, 9.17) is 42.6 Å². The van der Waals surface area contributed by atoms with Gasteiger partial charge in [-0.25, -0.2) is 0 Å². The minimum absolute atomic E-state index is 0.0260. The van der Waals surface area contributed by atoms with E-state index in [1.165, 1.54) is 0 Å². The van der Waals surface area contributed by atoms with Gasteiger partial charge in [-0.05, 0) is 62.0 Å². The number of methoxy groups -OCH3 is 1. The molecule has 12 bridgehead atoms. The number of ether oxygens (including phenoxy) is 9. The van der Waals surface area contributed by atoms with Crippen LogP contribution in [0.2, 0.25) is 0 Å². The van der Waals surface area contributed by atoms with Gasteiger partial charge in [-0.15, -0.1) is 0 Å². The van der Waals surface area contributed by atoms with Crippen LogP contribution in [0.4, 0.5) is 0 Å². The highest BCUT2D eigenvalue weighted by Gasteiger charge is 2.68. The molecule has 290 valence electrons. The molecule has 10 fully saturated rings. The van der Waals surface area contributed by atoms with E-state index < -0.39 is 24.1 Å². The summed E-state index contributed by atoms with van der Waals surface area (Å²) in [6.45, 7) is 10.7. The van der Waals surface area contributed by atoms with Gasteiger partial charge in [0.2, 0.25) is 0 Å². The first kappa shape index (κ1) is 36.4. The van der Waals surface area contributed by atoms with E-state index in [1.807, 2.05) is 0 Å². The van der Waals surface area contributed by atoms with Crippen LogP contribution in [0.1, 0.15) is 90.4 Å². The van der Waals surface area contributed by atoms with E-state index in [2.05, 4.69) is 20.1 Å². The van der Waals surface area contributed by atoms with Gasteiger partial charge in [0.25, 0.3) is 0 Å². The maximum absolute atomic E-state index is 14.0. The molecule has 12 heteroatoms. The number of Topliss-reactive ketones (excluding diaryl/α,β-unsaturated/α-hetero) is 1. The highest BCUT2D eigenvalue weighted by molar-refractivity contribution is 5.79. The van der Waals surface area contributed by atoms with Crippen molar-refractivity contribution >= 4 is 5.78 Å². The van der Waals surface area contributed by atoms with Gasteiger partial charge in [-0.2, -0.15) is 0 Å². The Bertz CT molecular complexity index is 1370. The second kappa shape index (κ2) is 14.3. The fraction of sp³-hybridized carbons (Fsp3) is 0.875. The zero-order valence-electron chi connectivity index (χ0n) is 30.7. The largest absolute Gasteiger partial charge is 0.394 e. The Hall–Kier alpha value is -1.29. The molecule has 19 atom stereocenters. The maximum atomic E-state index is 14.0. The van der Waals surface area contributed by atoms with Crippen molar-refractivity contribution in [3.63, 3.8) is 0 Å². The van der Waals surface area contributed by atoms with Gasteiger partial charge in [0.05, 0.1) is 73.8 Å². The number of carbonyl (C=O) groups excluding carboxylic acids is 1. The summed E-state index contributed by atoms with van der Waals surface area (Å²) < 4.78 is 59.8. The monoisotopic (exact) mass is 730 g/mol. The summed E-state index contributed by atoms with van der Waals surface area (Å²) in [4.78, 5) is 14.0. The van der Waals surface area contributed by atoms with Crippen LogP contribution in [0.25, 0.3) is 0 Å².